The van der Waals surface area contributed by atoms with E-state index < -0.39 is 0 Å². The van der Waals surface area contributed by atoms with Crippen molar-refractivity contribution >= 4 is 21.7 Å². The normalized spacial score (nSPS) is 25.1. The van der Waals surface area contributed by atoms with Crippen LogP contribution in [0, 0.1) is 5.82 Å². The third-order valence-corrected chi connectivity index (χ3v) is 3.11. The zero-order valence-electron chi connectivity index (χ0n) is 9.57. The van der Waals surface area contributed by atoms with E-state index in [1.54, 1.807) is 6.20 Å². The van der Waals surface area contributed by atoms with Crippen LogP contribution in [-0.2, 0) is 4.74 Å². The lowest BCUT2D eigenvalue weighted by Gasteiger charge is -2.37. The molecule has 1 aromatic rings. The van der Waals surface area contributed by atoms with Crippen molar-refractivity contribution < 1.29 is 9.13 Å². The van der Waals surface area contributed by atoms with Gasteiger partial charge in [0.1, 0.15) is 0 Å². The lowest BCUT2D eigenvalue weighted by Crippen LogP contribution is -2.49. The summed E-state index contributed by atoms with van der Waals surface area (Å²) < 4.78 is 20.0. The number of nitrogens with two attached hydrogens (primary N) is 1. The van der Waals surface area contributed by atoms with Crippen molar-refractivity contribution in [3.05, 3.63) is 22.6 Å². The zero-order valence-corrected chi connectivity index (χ0v) is 11.2. The zero-order chi connectivity index (χ0) is 12.4. The van der Waals surface area contributed by atoms with E-state index in [4.69, 9.17) is 10.5 Å². The molecule has 17 heavy (non-hydrogen) atoms. The Morgan fingerprint density at radius 2 is 2.41 bits per heavy atom. The molecule has 1 saturated heterocycles. The van der Waals surface area contributed by atoms with E-state index in [2.05, 4.69) is 20.9 Å². The van der Waals surface area contributed by atoms with Gasteiger partial charge in [-0.15, -0.1) is 0 Å². The highest BCUT2D eigenvalue weighted by atomic mass is 79.9. The van der Waals surface area contributed by atoms with Crippen LogP contribution in [0.2, 0.25) is 0 Å². The molecule has 0 bridgehead atoms. The highest BCUT2D eigenvalue weighted by molar-refractivity contribution is 9.10. The molecule has 2 N–H and O–H groups in total. The molecule has 2 rings (SSSR count). The van der Waals surface area contributed by atoms with Crippen molar-refractivity contribution in [3.8, 4) is 0 Å². The summed E-state index contributed by atoms with van der Waals surface area (Å²) in [6.07, 6.45) is 1.56. The van der Waals surface area contributed by atoms with Crippen LogP contribution in [0.3, 0.4) is 0 Å². The Kier molecular flexibility index (Phi) is 3.96. The second-order valence-corrected chi connectivity index (χ2v) is 5.08. The molecule has 1 fully saturated rings. The summed E-state index contributed by atoms with van der Waals surface area (Å²) in [5.41, 5.74) is 5.59. The Labute approximate surface area is 108 Å². The van der Waals surface area contributed by atoms with Crippen molar-refractivity contribution in [2.75, 3.05) is 24.5 Å². The first kappa shape index (κ1) is 12.7. The Bertz CT molecular complexity index is 404. The quantitative estimate of drug-likeness (QED) is 0.900. The van der Waals surface area contributed by atoms with Crippen LogP contribution in [0.15, 0.2) is 16.7 Å². The van der Waals surface area contributed by atoms with Gasteiger partial charge < -0.3 is 15.4 Å². The van der Waals surface area contributed by atoms with E-state index in [9.17, 15) is 4.39 Å². The molecule has 0 aromatic carbocycles. The van der Waals surface area contributed by atoms with Crippen LogP contribution in [0.4, 0.5) is 10.2 Å². The number of anilines is 1. The van der Waals surface area contributed by atoms with Crippen LogP contribution in [0.25, 0.3) is 0 Å². The summed E-state index contributed by atoms with van der Waals surface area (Å²) in [7, 11) is 0. The number of halogens is 2. The van der Waals surface area contributed by atoms with Gasteiger partial charge in [0.25, 0.3) is 0 Å². The van der Waals surface area contributed by atoms with Crippen LogP contribution in [-0.4, -0.2) is 36.8 Å². The highest BCUT2D eigenvalue weighted by Gasteiger charge is 2.26. The van der Waals surface area contributed by atoms with Gasteiger partial charge in [-0.05, 0) is 28.9 Å². The first-order chi connectivity index (χ1) is 8.10. The van der Waals surface area contributed by atoms with Crippen LogP contribution in [0.1, 0.15) is 6.92 Å². The highest BCUT2D eigenvalue weighted by Crippen LogP contribution is 2.23. The summed E-state index contributed by atoms with van der Waals surface area (Å²) in [6.45, 7) is 3.58. The van der Waals surface area contributed by atoms with Crippen LogP contribution in [0.5, 0.6) is 0 Å². The second kappa shape index (κ2) is 5.29. The number of hydrogen-bond acceptors (Lipinski definition) is 4. The molecule has 0 spiro atoms. The third-order valence-electron chi connectivity index (χ3n) is 2.68. The average Bonchev–Trinajstić information content (AvgIpc) is 2.28. The van der Waals surface area contributed by atoms with Gasteiger partial charge in [0.05, 0.1) is 12.2 Å². The molecule has 0 amide bonds. The summed E-state index contributed by atoms with van der Waals surface area (Å²) in [4.78, 5) is 5.99. The summed E-state index contributed by atoms with van der Waals surface area (Å²) >= 11 is 3.19. The molecule has 1 aliphatic heterocycles. The number of pyridine rings is 1. The molecule has 1 aliphatic rings. The molecule has 1 aromatic heterocycles. The van der Waals surface area contributed by atoms with Gasteiger partial charge in [0.2, 0.25) is 0 Å². The van der Waals surface area contributed by atoms with Gasteiger partial charge in [-0.2, -0.15) is 0 Å². The maximum Gasteiger partial charge on any atom is 0.166 e. The molecule has 2 atom stereocenters. The van der Waals surface area contributed by atoms with Gasteiger partial charge >= 0.3 is 0 Å². The topological polar surface area (TPSA) is 51.4 Å². The molecule has 6 heteroatoms. The maximum atomic E-state index is 13.8. The fraction of sp³-hybridized carbons (Fsp3) is 0.545. The first-order valence-electron chi connectivity index (χ1n) is 5.51. The Hall–Kier alpha value is -0.720. The fourth-order valence-electron chi connectivity index (χ4n) is 1.99. The summed E-state index contributed by atoms with van der Waals surface area (Å²) in [5.74, 6) is 0.0334. The lowest BCUT2D eigenvalue weighted by atomic mass is 10.2. The standard InChI is InChI=1S/C11H15BrFN3O/c1-7-5-16(6-9(3-14)17-7)11-10(13)2-8(12)4-15-11/h2,4,7,9H,3,5-6,14H2,1H3. The summed E-state index contributed by atoms with van der Waals surface area (Å²) in [5, 5.41) is 0. The Morgan fingerprint density at radius 1 is 1.65 bits per heavy atom. The Morgan fingerprint density at radius 3 is 3.06 bits per heavy atom. The predicted molar refractivity (Wildman–Crippen MR) is 67.5 cm³/mol. The van der Waals surface area contributed by atoms with Gasteiger partial charge in [-0.3, -0.25) is 0 Å². The molecule has 0 saturated carbocycles. The van der Waals surface area contributed by atoms with Gasteiger partial charge in [-0.1, -0.05) is 0 Å². The van der Waals surface area contributed by atoms with Crippen molar-refractivity contribution in [3.63, 3.8) is 0 Å². The summed E-state index contributed by atoms with van der Waals surface area (Å²) in [6, 6.07) is 1.42. The number of aromatic nitrogens is 1. The number of nitrogens with zero attached hydrogens (tertiary/aromatic N) is 2. The van der Waals surface area contributed by atoms with Crippen LogP contribution >= 0.6 is 15.9 Å². The fourth-order valence-corrected chi connectivity index (χ4v) is 2.29. The second-order valence-electron chi connectivity index (χ2n) is 4.17. The molecule has 0 radical (unpaired) electrons. The molecule has 2 heterocycles. The monoisotopic (exact) mass is 303 g/mol. The smallest absolute Gasteiger partial charge is 0.166 e. The van der Waals surface area contributed by atoms with Crippen LogP contribution < -0.4 is 10.6 Å². The number of ether oxygens (including phenoxy) is 1. The molecular formula is C11H15BrFN3O. The molecule has 94 valence electrons. The number of rotatable bonds is 2. The number of hydrogen-bond donors (Lipinski definition) is 1. The van der Waals surface area contributed by atoms with E-state index >= 15 is 0 Å². The minimum Gasteiger partial charge on any atom is -0.370 e. The van der Waals surface area contributed by atoms with Gasteiger partial charge in [-0.25, -0.2) is 9.37 Å². The predicted octanol–water partition coefficient (Wildman–Crippen LogP) is 1.54. The Balaban J connectivity index is 2.20. The van der Waals surface area contributed by atoms with E-state index in [1.807, 2.05) is 11.8 Å². The minimum absolute atomic E-state index is 0.0298. The van der Waals surface area contributed by atoms with Crippen molar-refractivity contribution in [1.29, 1.82) is 0 Å². The van der Waals surface area contributed by atoms with E-state index in [0.29, 0.717) is 29.9 Å². The van der Waals surface area contributed by atoms with E-state index in [-0.39, 0.29) is 18.0 Å². The largest absolute Gasteiger partial charge is 0.370 e. The van der Waals surface area contributed by atoms with Crippen molar-refractivity contribution in [2.24, 2.45) is 5.73 Å². The van der Waals surface area contributed by atoms with Crippen molar-refractivity contribution in [2.45, 2.75) is 19.1 Å². The van der Waals surface area contributed by atoms with Crippen molar-refractivity contribution in [1.82, 2.24) is 4.98 Å². The van der Waals surface area contributed by atoms with Gasteiger partial charge in [0.15, 0.2) is 11.6 Å². The lowest BCUT2D eigenvalue weighted by molar-refractivity contribution is -0.0108. The average molecular weight is 304 g/mol. The molecule has 2 unspecified atom stereocenters. The molecule has 0 aliphatic carbocycles. The van der Waals surface area contributed by atoms with E-state index in [0.717, 1.165) is 0 Å². The van der Waals surface area contributed by atoms with Gasteiger partial charge in [0, 0.05) is 30.3 Å². The first-order valence-corrected chi connectivity index (χ1v) is 6.31. The maximum absolute atomic E-state index is 13.8. The van der Waals surface area contributed by atoms with E-state index in [1.165, 1.54) is 6.07 Å². The third kappa shape index (κ3) is 2.94. The number of morpholine rings is 1. The molecular weight excluding hydrogens is 289 g/mol. The minimum atomic E-state index is -0.329. The SMILES string of the molecule is CC1CN(c2ncc(Br)cc2F)CC(CN)O1. The molecule has 4 nitrogen and oxygen atoms in total.